The smallest absolute Gasteiger partial charge is 1.00 e. The molecular weight excluding hydrogens is 378 g/mol. The third-order valence-electron chi connectivity index (χ3n) is 5.98. The summed E-state index contributed by atoms with van der Waals surface area (Å²) in [7, 11) is 0. The molecule has 0 aromatic rings. The third-order valence-corrected chi connectivity index (χ3v) is 20.5. The van der Waals surface area contributed by atoms with Crippen molar-refractivity contribution < 1.29 is 45.1 Å². The van der Waals surface area contributed by atoms with Gasteiger partial charge in [0.15, 0.2) is 0 Å². The van der Waals surface area contributed by atoms with E-state index >= 15 is 0 Å². The quantitative estimate of drug-likeness (QED) is 0.603. The van der Waals surface area contributed by atoms with Crippen molar-refractivity contribution in [1.82, 2.24) is 0 Å². The van der Waals surface area contributed by atoms with Gasteiger partial charge in [-0.2, -0.15) is 0 Å². The molecule has 0 amide bonds. The van der Waals surface area contributed by atoms with Crippen molar-refractivity contribution in [3.63, 3.8) is 0 Å². The summed E-state index contributed by atoms with van der Waals surface area (Å²) in [5.74, 6) is 0. The first kappa shape index (κ1) is 17.8. The number of hydrogen-bond donors (Lipinski definition) is 0. The van der Waals surface area contributed by atoms with E-state index in [2.05, 4.69) is 38.2 Å². The van der Waals surface area contributed by atoms with Crippen LogP contribution in [0, 0.1) is 0 Å². The first-order valence-electron chi connectivity index (χ1n) is 8.00. The topological polar surface area (TPSA) is 0 Å². The first-order valence-corrected chi connectivity index (χ1v) is 13.8. The molecule has 3 aliphatic carbocycles. The summed E-state index contributed by atoms with van der Waals surface area (Å²) < 4.78 is 5.59. The van der Waals surface area contributed by atoms with Crippen LogP contribution in [0.1, 0.15) is 46.0 Å². The summed E-state index contributed by atoms with van der Waals surface area (Å²) in [4.78, 5) is 0. The van der Waals surface area contributed by atoms with Crippen molar-refractivity contribution in [2.45, 2.75) is 57.3 Å². The minimum Gasteiger partial charge on any atom is -1.00 e. The summed E-state index contributed by atoms with van der Waals surface area (Å²) in [5, 5.41) is 0. The molecule has 3 atom stereocenters. The minimum atomic E-state index is -2.03. The Morgan fingerprint density at radius 3 is 2.48 bits per heavy atom. The summed E-state index contributed by atoms with van der Waals surface area (Å²) in [6.45, 7) is 4.84. The third kappa shape index (κ3) is 2.73. The number of allylic oxidation sites excluding steroid dienone is 8. The van der Waals surface area contributed by atoms with Gasteiger partial charge in [-0.1, -0.05) is 0 Å². The van der Waals surface area contributed by atoms with Crippen molar-refractivity contribution in [2.24, 2.45) is 0 Å². The fraction of sp³-hybridized carbons (Fsp3) is 0.556. The van der Waals surface area contributed by atoms with Crippen LogP contribution in [0.4, 0.5) is 0 Å². The Hall–Kier alpha value is 0.423. The van der Waals surface area contributed by atoms with Crippen molar-refractivity contribution in [3.05, 3.63) is 44.3 Å². The average molecular weight is 403 g/mol. The van der Waals surface area contributed by atoms with Gasteiger partial charge in [0, 0.05) is 0 Å². The van der Waals surface area contributed by atoms with E-state index in [1.54, 1.807) is 9.70 Å². The van der Waals surface area contributed by atoms with Gasteiger partial charge in [-0.05, 0) is 0 Å². The molecular formula is C18H24Cl2Zr. The molecule has 3 heteroatoms. The zero-order valence-electron chi connectivity index (χ0n) is 13.0. The Kier molecular flexibility index (Phi) is 5.50. The fourth-order valence-corrected chi connectivity index (χ4v) is 21.4. The minimum absolute atomic E-state index is 0. The number of halogens is 2. The average Bonchev–Trinajstić information content (AvgIpc) is 2.82. The summed E-state index contributed by atoms with van der Waals surface area (Å²) in [6.07, 6.45) is 17.2. The van der Waals surface area contributed by atoms with Crippen LogP contribution < -0.4 is 24.8 Å². The number of rotatable bonds is 2. The summed E-state index contributed by atoms with van der Waals surface area (Å²) in [6, 6.07) is 0. The van der Waals surface area contributed by atoms with Gasteiger partial charge in [0.1, 0.15) is 0 Å². The van der Waals surface area contributed by atoms with Crippen molar-refractivity contribution >= 4 is 0 Å². The van der Waals surface area contributed by atoms with Gasteiger partial charge in [-0.25, -0.2) is 0 Å². The molecule has 0 aromatic heterocycles. The van der Waals surface area contributed by atoms with Gasteiger partial charge in [0.05, 0.1) is 0 Å². The molecule has 1 fully saturated rings. The van der Waals surface area contributed by atoms with Crippen LogP contribution in [0.3, 0.4) is 0 Å². The van der Waals surface area contributed by atoms with E-state index in [0.717, 1.165) is 7.25 Å². The van der Waals surface area contributed by atoms with Crippen molar-refractivity contribution in [3.8, 4) is 0 Å². The zero-order valence-corrected chi connectivity index (χ0v) is 16.9. The normalized spacial score (nSPS) is 33.4. The van der Waals surface area contributed by atoms with E-state index in [-0.39, 0.29) is 24.8 Å². The monoisotopic (exact) mass is 400 g/mol. The number of hydrogen-bond acceptors (Lipinski definition) is 0. The van der Waals surface area contributed by atoms with Gasteiger partial charge >= 0.3 is 122 Å². The maximum absolute atomic E-state index is 2.64. The first-order chi connectivity index (χ1) is 9.22. The van der Waals surface area contributed by atoms with Crippen molar-refractivity contribution in [1.29, 1.82) is 0 Å². The molecule has 4 rings (SSSR count). The standard InChI is InChI=1S/C9H11.C6H7.C3H6.2ClH.Zr/c1-2-5-9-7-3-6-8(9)4-1;1-6-4-2-3-5-6;1-3-2;;;/h3,6-7H,1-2,4-5H2;4-5H,2H2,1H3;3H,1H2,2H3;2*1H;/q;;;;;+2/p-2. The predicted octanol–water partition coefficient (Wildman–Crippen LogP) is -0.149. The second-order valence-electron chi connectivity index (χ2n) is 7.06. The Morgan fingerprint density at radius 1 is 1.14 bits per heavy atom. The molecule has 0 spiro atoms. The Labute approximate surface area is 146 Å². The molecule has 114 valence electrons. The van der Waals surface area contributed by atoms with Gasteiger partial charge in [0.25, 0.3) is 0 Å². The Balaban J connectivity index is 0.000000807. The van der Waals surface area contributed by atoms with E-state index < -0.39 is 20.3 Å². The summed E-state index contributed by atoms with van der Waals surface area (Å²) >= 11 is -2.03. The van der Waals surface area contributed by atoms with Crippen LogP contribution in [0.2, 0.25) is 11.4 Å². The van der Waals surface area contributed by atoms with Crippen LogP contribution in [-0.2, 0) is 20.3 Å². The second kappa shape index (κ2) is 6.50. The predicted molar refractivity (Wildman–Crippen MR) is 79.1 cm³/mol. The maximum atomic E-state index is 2.64. The van der Waals surface area contributed by atoms with Gasteiger partial charge in [-0.3, -0.25) is 0 Å². The molecule has 21 heavy (non-hydrogen) atoms. The zero-order chi connectivity index (χ0) is 13.0. The molecule has 4 aliphatic rings. The fourth-order valence-electron chi connectivity index (χ4n) is 4.83. The van der Waals surface area contributed by atoms with Gasteiger partial charge in [-0.15, -0.1) is 0 Å². The molecule has 1 saturated heterocycles. The van der Waals surface area contributed by atoms with Crippen LogP contribution in [0.25, 0.3) is 0 Å². The van der Waals surface area contributed by atoms with Gasteiger partial charge < -0.3 is 24.8 Å². The SMILES string of the molecule is CC1=CC[C]([Zr+2]2([CH]3C=CC4=C3CCCC4)[CH2][CH]2C)=C1.[Cl-].[Cl-]. The molecule has 1 heterocycles. The van der Waals surface area contributed by atoms with Crippen molar-refractivity contribution in [2.75, 3.05) is 0 Å². The molecule has 3 unspecified atom stereocenters. The molecule has 0 saturated carbocycles. The van der Waals surface area contributed by atoms with E-state index in [1.165, 1.54) is 37.7 Å². The van der Waals surface area contributed by atoms with E-state index in [0.29, 0.717) is 0 Å². The maximum Gasteiger partial charge on any atom is -1.00 e. The molecule has 1 aliphatic heterocycles. The van der Waals surface area contributed by atoms with Gasteiger partial charge in [0.2, 0.25) is 0 Å². The van der Waals surface area contributed by atoms with Crippen LogP contribution >= 0.6 is 0 Å². The van der Waals surface area contributed by atoms with E-state index in [1.807, 2.05) is 8.85 Å². The van der Waals surface area contributed by atoms with E-state index in [9.17, 15) is 0 Å². The Morgan fingerprint density at radius 2 is 1.86 bits per heavy atom. The molecule has 0 radical (unpaired) electrons. The van der Waals surface area contributed by atoms with E-state index in [4.69, 9.17) is 0 Å². The molecule has 0 N–H and O–H groups in total. The van der Waals surface area contributed by atoms with Crippen LogP contribution in [0.5, 0.6) is 0 Å². The second-order valence-corrected chi connectivity index (χ2v) is 18.7. The largest absolute Gasteiger partial charge is 1.00 e. The molecule has 0 aromatic carbocycles. The molecule has 0 bridgehead atoms. The van der Waals surface area contributed by atoms with Crippen LogP contribution in [0.15, 0.2) is 44.3 Å². The Bertz CT molecular complexity index is 556. The molecule has 0 nitrogen and oxygen atoms in total. The van der Waals surface area contributed by atoms with Crippen LogP contribution in [-0.4, -0.2) is 0 Å². The summed E-state index contributed by atoms with van der Waals surface area (Å²) in [5.41, 5.74) is 5.18.